The van der Waals surface area contributed by atoms with E-state index in [-0.39, 0.29) is 0 Å². The molecular formula is C20H27N2O+. The predicted molar refractivity (Wildman–Crippen MR) is 95.1 cm³/mol. The van der Waals surface area contributed by atoms with Crippen LogP contribution >= 0.6 is 0 Å². The van der Waals surface area contributed by atoms with Gasteiger partial charge in [0, 0.05) is 30.8 Å². The molecule has 0 aromatic heterocycles. The van der Waals surface area contributed by atoms with Gasteiger partial charge in [-0.3, -0.25) is 0 Å². The number of benzene rings is 2. The fraction of sp³-hybridized carbons (Fsp3) is 0.400. The molecule has 0 amide bonds. The van der Waals surface area contributed by atoms with Gasteiger partial charge in [0.15, 0.2) is 0 Å². The second kappa shape index (κ2) is 8.02. The fourth-order valence-electron chi connectivity index (χ4n) is 3.27. The van der Waals surface area contributed by atoms with Crippen LogP contribution in [0.15, 0.2) is 48.5 Å². The van der Waals surface area contributed by atoms with Crippen molar-refractivity contribution in [3.05, 3.63) is 59.7 Å². The van der Waals surface area contributed by atoms with Gasteiger partial charge in [-0.05, 0) is 36.6 Å². The largest absolute Gasteiger partial charge is 0.497 e. The normalized spacial score (nSPS) is 14.2. The first-order chi connectivity index (χ1) is 11.4. The van der Waals surface area contributed by atoms with E-state index in [1.165, 1.54) is 42.7 Å². The van der Waals surface area contributed by atoms with Crippen molar-refractivity contribution in [1.29, 1.82) is 0 Å². The van der Waals surface area contributed by atoms with Crippen molar-refractivity contribution in [2.45, 2.75) is 25.8 Å². The summed E-state index contributed by atoms with van der Waals surface area (Å²) in [6, 6.07) is 17.3. The summed E-state index contributed by atoms with van der Waals surface area (Å²) in [7, 11) is 1.71. The van der Waals surface area contributed by atoms with Crippen LogP contribution < -0.4 is 15.0 Å². The van der Waals surface area contributed by atoms with Crippen molar-refractivity contribution in [3.8, 4) is 5.75 Å². The molecule has 0 aliphatic carbocycles. The average Bonchev–Trinajstić information content (AvgIpc) is 3.14. The smallest absolute Gasteiger partial charge is 0.118 e. The molecule has 0 radical (unpaired) electrons. The number of nitrogens with two attached hydrogens (primary N) is 1. The van der Waals surface area contributed by atoms with Crippen LogP contribution in [0.25, 0.3) is 0 Å². The Balaban J connectivity index is 1.50. The first-order valence-electron chi connectivity index (χ1n) is 8.64. The molecule has 2 aromatic rings. The van der Waals surface area contributed by atoms with Crippen molar-refractivity contribution in [2.24, 2.45) is 0 Å². The van der Waals surface area contributed by atoms with E-state index in [9.17, 15) is 0 Å². The number of anilines is 1. The van der Waals surface area contributed by atoms with Gasteiger partial charge in [0.1, 0.15) is 12.3 Å². The lowest BCUT2D eigenvalue weighted by Gasteiger charge is -2.20. The Morgan fingerprint density at radius 3 is 2.48 bits per heavy atom. The number of para-hydroxylation sites is 1. The molecule has 0 unspecified atom stereocenters. The van der Waals surface area contributed by atoms with Crippen molar-refractivity contribution in [1.82, 2.24) is 0 Å². The molecule has 1 heterocycles. The summed E-state index contributed by atoms with van der Waals surface area (Å²) in [5.74, 6) is 0.928. The predicted octanol–water partition coefficient (Wildman–Crippen LogP) is 2.60. The molecular weight excluding hydrogens is 284 g/mol. The van der Waals surface area contributed by atoms with E-state index < -0.39 is 0 Å². The quantitative estimate of drug-likeness (QED) is 0.796. The molecule has 2 N–H and O–H groups in total. The number of hydrogen-bond acceptors (Lipinski definition) is 2. The molecule has 0 saturated carbocycles. The molecule has 122 valence electrons. The third-order valence-corrected chi connectivity index (χ3v) is 4.60. The van der Waals surface area contributed by atoms with E-state index in [2.05, 4.69) is 46.6 Å². The molecule has 0 bridgehead atoms. The number of hydrogen-bond donors (Lipinski definition) is 1. The SMILES string of the molecule is COc1ccc(CC[NH2+]Cc2ccccc2N2CCCC2)cc1. The van der Waals surface area contributed by atoms with Crippen molar-refractivity contribution in [3.63, 3.8) is 0 Å². The lowest BCUT2D eigenvalue weighted by Crippen LogP contribution is -2.83. The summed E-state index contributed by atoms with van der Waals surface area (Å²) < 4.78 is 5.20. The molecule has 1 aliphatic heterocycles. The summed E-state index contributed by atoms with van der Waals surface area (Å²) in [5.41, 5.74) is 4.27. The number of ether oxygens (including phenoxy) is 1. The zero-order valence-corrected chi connectivity index (χ0v) is 14.0. The maximum Gasteiger partial charge on any atom is 0.118 e. The van der Waals surface area contributed by atoms with Gasteiger partial charge in [0.25, 0.3) is 0 Å². The van der Waals surface area contributed by atoms with Gasteiger partial charge in [-0.25, -0.2) is 0 Å². The molecule has 1 saturated heterocycles. The summed E-state index contributed by atoms with van der Waals surface area (Å²) in [6.45, 7) is 4.59. The van der Waals surface area contributed by atoms with Gasteiger partial charge < -0.3 is 15.0 Å². The van der Waals surface area contributed by atoms with Gasteiger partial charge in [-0.2, -0.15) is 0 Å². The Hall–Kier alpha value is -2.00. The minimum Gasteiger partial charge on any atom is -0.497 e. The Labute approximate surface area is 139 Å². The second-order valence-corrected chi connectivity index (χ2v) is 6.20. The van der Waals surface area contributed by atoms with Crippen LogP contribution in [-0.4, -0.2) is 26.7 Å². The summed E-state index contributed by atoms with van der Waals surface area (Å²) in [4.78, 5) is 2.53. The minimum absolute atomic E-state index is 0.928. The van der Waals surface area contributed by atoms with Crippen LogP contribution in [0.5, 0.6) is 5.75 Å². The third-order valence-electron chi connectivity index (χ3n) is 4.60. The maximum absolute atomic E-state index is 5.20. The molecule has 23 heavy (non-hydrogen) atoms. The molecule has 0 spiro atoms. The van der Waals surface area contributed by atoms with Gasteiger partial charge in [0.05, 0.1) is 13.7 Å². The molecule has 0 atom stereocenters. The van der Waals surface area contributed by atoms with E-state index in [4.69, 9.17) is 4.74 Å². The molecule has 1 aliphatic rings. The number of methoxy groups -OCH3 is 1. The highest BCUT2D eigenvalue weighted by molar-refractivity contribution is 5.53. The number of quaternary nitrogens is 1. The minimum atomic E-state index is 0.928. The van der Waals surface area contributed by atoms with Crippen LogP contribution in [0.3, 0.4) is 0 Å². The van der Waals surface area contributed by atoms with Gasteiger partial charge in [-0.1, -0.05) is 30.3 Å². The highest BCUT2D eigenvalue weighted by Crippen LogP contribution is 2.23. The fourth-order valence-corrected chi connectivity index (χ4v) is 3.27. The van der Waals surface area contributed by atoms with Crippen LogP contribution in [-0.2, 0) is 13.0 Å². The molecule has 3 heteroatoms. The standard InChI is InChI=1S/C20H26N2O/c1-23-19-10-8-17(9-11-19)12-13-21-16-18-6-2-3-7-20(18)22-14-4-5-15-22/h2-3,6-11,21H,4-5,12-16H2,1H3/p+1. The lowest BCUT2D eigenvalue weighted by atomic mass is 10.1. The summed E-state index contributed by atoms with van der Waals surface area (Å²) in [5, 5.41) is 2.42. The summed E-state index contributed by atoms with van der Waals surface area (Å²) >= 11 is 0. The molecule has 2 aromatic carbocycles. The van der Waals surface area contributed by atoms with E-state index in [1.54, 1.807) is 7.11 Å². The van der Waals surface area contributed by atoms with E-state index in [1.807, 2.05) is 12.1 Å². The molecule has 1 fully saturated rings. The second-order valence-electron chi connectivity index (χ2n) is 6.20. The van der Waals surface area contributed by atoms with Crippen LogP contribution in [0.4, 0.5) is 5.69 Å². The Bertz CT molecular complexity index is 603. The number of nitrogens with zero attached hydrogens (tertiary/aromatic N) is 1. The highest BCUT2D eigenvalue weighted by Gasteiger charge is 2.15. The first kappa shape index (κ1) is 15.9. The van der Waals surface area contributed by atoms with E-state index in [0.29, 0.717) is 0 Å². The maximum atomic E-state index is 5.20. The Morgan fingerprint density at radius 1 is 1.00 bits per heavy atom. The number of rotatable bonds is 7. The summed E-state index contributed by atoms with van der Waals surface area (Å²) in [6.07, 6.45) is 3.75. The topological polar surface area (TPSA) is 29.1 Å². The lowest BCUT2D eigenvalue weighted by molar-refractivity contribution is -0.670. The van der Waals surface area contributed by atoms with Gasteiger partial charge in [-0.15, -0.1) is 0 Å². The zero-order valence-electron chi connectivity index (χ0n) is 14.0. The van der Waals surface area contributed by atoms with Crippen molar-refractivity contribution in [2.75, 3.05) is 31.6 Å². The van der Waals surface area contributed by atoms with E-state index in [0.717, 1.165) is 25.3 Å². The monoisotopic (exact) mass is 311 g/mol. The first-order valence-corrected chi connectivity index (χ1v) is 8.64. The zero-order chi connectivity index (χ0) is 15.9. The Kier molecular flexibility index (Phi) is 5.54. The van der Waals surface area contributed by atoms with E-state index >= 15 is 0 Å². The van der Waals surface area contributed by atoms with Gasteiger partial charge in [0.2, 0.25) is 0 Å². The Morgan fingerprint density at radius 2 is 1.74 bits per heavy atom. The van der Waals surface area contributed by atoms with Crippen molar-refractivity contribution >= 4 is 5.69 Å². The van der Waals surface area contributed by atoms with Crippen LogP contribution in [0, 0.1) is 0 Å². The van der Waals surface area contributed by atoms with Crippen LogP contribution in [0.1, 0.15) is 24.0 Å². The van der Waals surface area contributed by atoms with Crippen molar-refractivity contribution < 1.29 is 10.1 Å². The van der Waals surface area contributed by atoms with Gasteiger partial charge >= 0.3 is 0 Å². The third kappa shape index (κ3) is 4.26. The highest BCUT2D eigenvalue weighted by atomic mass is 16.5. The van der Waals surface area contributed by atoms with Crippen LogP contribution in [0.2, 0.25) is 0 Å². The molecule has 3 nitrogen and oxygen atoms in total. The average molecular weight is 311 g/mol. The molecule has 3 rings (SSSR count).